The Hall–Kier alpha value is -3.49. The molecule has 2 rings (SSSR count). The van der Waals surface area contributed by atoms with E-state index >= 15 is 0 Å². The molecule has 0 spiro atoms. The Bertz CT molecular complexity index is 831. The van der Waals surface area contributed by atoms with Crippen molar-refractivity contribution in [2.45, 2.75) is 6.54 Å². The Balaban J connectivity index is 1.81. The third kappa shape index (κ3) is 6.27. The van der Waals surface area contributed by atoms with Crippen LogP contribution in [-0.2, 0) is 20.9 Å². The van der Waals surface area contributed by atoms with Crippen LogP contribution in [-0.4, -0.2) is 46.4 Å². The fourth-order valence-corrected chi connectivity index (χ4v) is 2.38. The van der Waals surface area contributed by atoms with Gasteiger partial charge in [-0.25, -0.2) is 9.18 Å². The molecule has 0 aromatic heterocycles. The number of rotatable bonds is 10. The number of para-hydroxylation sites is 1. The van der Waals surface area contributed by atoms with Crippen molar-refractivity contribution < 1.29 is 37.7 Å². The second kappa shape index (κ2) is 10.7. The number of esters is 1. The van der Waals surface area contributed by atoms with Gasteiger partial charge in [0.1, 0.15) is 0 Å². The Morgan fingerprint density at radius 1 is 0.931 bits per heavy atom. The number of carbonyl (C=O) groups excluding carboxylic acids is 2. The lowest BCUT2D eigenvalue weighted by molar-refractivity contribution is -0.150. The molecule has 2 aromatic rings. The molecule has 0 saturated heterocycles. The van der Waals surface area contributed by atoms with Crippen molar-refractivity contribution in [3.05, 3.63) is 47.8 Å². The van der Waals surface area contributed by atoms with Crippen LogP contribution in [0.2, 0.25) is 0 Å². The lowest BCUT2D eigenvalue weighted by Crippen LogP contribution is -2.29. The summed E-state index contributed by atoms with van der Waals surface area (Å²) >= 11 is 0. The molecule has 0 fully saturated rings. The summed E-state index contributed by atoms with van der Waals surface area (Å²) in [6, 6.07) is 9.04. The van der Waals surface area contributed by atoms with Crippen LogP contribution < -0.4 is 24.3 Å². The SMILES string of the molecule is COc1cc(CNC(=O)COC(=O)COc2ccccc2F)cc(OC)c1OC. The highest BCUT2D eigenvalue weighted by molar-refractivity contribution is 5.80. The Morgan fingerprint density at radius 3 is 2.17 bits per heavy atom. The maximum atomic E-state index is 13.4. The molecule has 0 bridgehead atoms. The number of halogens is 1. The molecule has 1 amide bonds. The molecule has 156 valence electrons. The summed E-state index contributed by atoms with van der Waals surface area (Å²) in [6.45, 7) is -0.857. The molecule has 0 aliphatic heterocycles. The van der Waals surface area contributed by atoms with Crippen molar-refractivity contribution in [3.8, 4) is 23.0 Å². The molecule has 9 heteroatoms. The zero-order chi connectivity index (χ0) is 21.2. The highest BCUT2D eigenvalue weighted by Gasteiger charge is 2.14. The fraction of sp³-hybridized carbons (Fsp3) is 0.300. The standard InChI is InChI=1S/C20H22FNO7/c1-25-16-8-13(9-17(26-2)20(16)27-3)10-22-18(23)11-29-19(24)12-28-15-7-5-4-6-14(15)21/h4-9H,10-12H2,1-3H3,(H,22,23). The molecule has 0 saturated carbocycles. The van der Waals surface area contributed by atoms with Gasteiger partial charge in [-0.1, -0.05) is 12.1 Å². The topological polar surface area (TPSA) is 92.3 Å². The molecule has 2 aromatic carbocycles. The lowest BCUT2D eigenvalue weighted by atomic mass is 10.1. The van der Waals surface area contributed by atoms with Crippen LogP contribution >= 0.6 is 0 Å². The summed E-state index contributed by atoms with van der Waals surface area (Å²) in [6.07, 6.45) is 0. The van der Waals surface area contributed by atoms with Gasteiger partial charge in [0, 0.05) is 6.54 Å². The Morgan fingerprint density at radius 2 is 1.59 bits per heavy atom. The molecule has 29 heavy (non-hydrogen) atoms. The molecule has 0 unspecified atom stereocenters. The summed E-state index contributed by atoms with van der Waals surface area (Å²) in [5, 5.41) is 2.61. The van der Waals surface area contributed by atoms with Crippen molar-refractivity contribution in [1.82, 2.24) is 5.32 Å². The van der Waals surface area contributed by atoms with E-state index < -0.39 is 30.9 Å². The molecule has 0 aliphatic rings. The quantitative estimate of drug-likeness (QED) is 0.603. The smallest absolute Gasteiger partial charge is 0.344 e. The number of hydrogen-bond donors (Lipinski definition) is 1. The van der Waals surface area contributed by atoms with Gasteiger partial charge < -0.3 is 29.0 Å². The number of benzene rings is 2. The third-order valence-electron chi connectivity index (χ3n) is 3.76. The minimum Gasteiger partial charge on any atom is -0.493 e. The lowest BCUT2D eigenvalue weighted by Gasteiger charge is -2.14. The molecular weight excluding hydrogens is 385 g/mol. The molecule has 0 heterocycles. The number of carbonyl (C=O) groups is 2. The maximum Gasteiger partial charge on any atom is 0.344 e. The van der Waals surface area contributed by atoms with Crippen molar-refractivity contribution in [3.63, 3.8) is 0 Å². The minimum atomic E-state index is -0.795. The van der Waals surface area contributed by atoms with E-state index in [2.05, 4.69) is 5.32 Å². The van der Waals surface area contributed by atoms with Gasteiger partial charge in [0.15, 0.2) is 36.3 Å². The van der Waals surface area contributed by atoms with E-state index in [9.17, 15) is 14.0 Å². The Labute approximate surface area is 167 Å². The van der Waals surface area contributed by atoms with Gasteiger partial charge in [0.25, 0.3) is 5.91 Å². The van der Waals surface area contributed by atoms with Crippen molar-refractivity contribution in [2.75, 3.05) is 34.5 Å². The predicted molar refractivity (Wildman–Crippen MR) is 101 cm³/mol. The first-order valence-corrected chi connectivity index (χ1v) is 8.57. The van der Waals surface area contributed by atoms with Gasteiger partial charge in [-0.15, -0.1) is 0 Å². The highest BCUT2D eigenvalue weighted by Crippen LogP contribution is 2.38. The second-order valence-corrected chi connectivity index (χ2v) is 5.69. The number of nitrogens with one attached hydrogen (secondary N) is 1. The predicted octanol–water partition coefficient (Wildman–Crippen LogP) is 2.09. The monoisotopic (exact) mass is 407 g/mol. The first kappa shape index (κ1) is 21.8. The first-order valence-electron chi connectivity index (χ1n) is 8.57. The van der Waals surface area contributed by atoms with Crippen LogP contribution in [0.4, 0.5) is 4.39 Å². The average Bonchev–Trinajstić information content (AvgIpc) is 2.74. The molecule has 8 nitrogen and oxygen atoms in total. The van der Waals surface area contributed by atoms with Crippen LogP contribution in [0, 0.1) is 5.82 Å². The van der Waals surface area contributed by atoms with E-state index in [1.54, 1.807) is 18.2 Å². The molecule has 0 aliphatic carbocycles. The number of amides is 1. The first-order chi connectivity index (χ1) is 14.0. The van der Waals surface area contributed by atoms with Gasteiger partial charge in [-0.2, -0.15) is 0 Å². The van der Waals surface area contributed by atoms with E-state index in [4.69, 9.17) is 23.7 Å². The third-order valence-corrected chi connectivity index (χ3v) is 3.76. The van der Waals surface area contributed by atoms with Crippen molar-refractivity contribution in [1.29, 1.82) is 0 Å². The molecule has 0 radical (unpaired) electrons. The average molecular weight is 407 g/mol. The summed E-state index contributed by atoms with van der Waals surface area (Å²) in [5.41, 5.74) is 0.696. The van der Waals surface area contributed by atoms with Gasteiger partial charge in [0.2, 0.25) is 5.75 Å². The molecular formula is C20H22FNO7. The molecule has 0 atom stereocenters. The fourth-order valence-electron chi connectivity index (χ4n) is 2.38. The van der Waals surface area contributed by atoms with Gasteiger partial charge in [-0.3, -0.25) is 4.79 Å². The van der Waals surface area contributed by atoms with Crippen LogP contribution in [0.3, 0.4) is 0 Å². The number of ether oxygens (including phenoxy) is 5. The van der Waals surface area contributed by atoms with Gasteiger partial charge >= 0.3 is 5.97 Å². The van der Waals surface area contributed by atoms with Crippen LogP contribution in [0.15, 0.2) is 36.4 Å². The number of hydrogen-bond acceptors (Lipinski definition) is 7. The van der Waals surface area contributed by atoms with E-state index in [1.165, 1.54) is 39.5 Å². The normalized spacial score (nSPS) is 10.1. The van der Waals surface area contributed by atoms with E-state index in [-0.39, 0.29) is 12.3 Å². The molecule has 1 N–H and O–H groups in total. The highest BCUT2D eigenvalue weighted by atomic mass is 19.1. The minimum absolute atomic E-state index is 0.0729. The summed E-state index contributed by atoms with van der Waals surface area (Å²) in [4.78, 5) is 23.6. The maximum absolute atomic E-state index is 13.4. The summed E-state index contributed by atoms with van der Waals surface area (Å²) < 4.78 is 39.0. The van der Waals surface area contributed by atoms with Gasteiger partial charge in [-0.05, 0) is 29.8 Å². The van der Waals surface area contributed by atoms with Crippen molar-refractivity contribution >= 4 is 11.9 Å². The Kier molecular flexibility index (Phi) is 8.08. The summed E-state index contributed by atoms with van der Waals surface area (Å²) in [7, 11) is 4.47. The zero-order valence-electron chi connectivity index (χ0n) is 16.3. The summed E-state index contributed by atoms with van der Waals surface area (Å²) in [5.74, 6) is -0.636. The van der Waals surface area contributed by atoms with E-state index in [1.807, 2.05) is 0 Å². The number of methoxy groups -OCH3 is 3. The van der Waals surface area contributed by atoms with Gasteiger partial charge in [0.05, 0.1) is 21.3 Å². The second-order valence-electron chi connectivity index (χ2n) is 5.69. The largest absolute Gasteiger partial charge is 0.493 e. The van der Waals surface area contributed by atoms with E-state index in [0.717, 1.165) is 0 Å². The van der Waals surface area contributed by atoms with Crippen molar-refractivity contribution in [2.24, 2.45) is 0 Å². The van der Waals surface area contributed by atoms with E-state index in [0.29, 0.717) is 22.8 Å². The van der Waals surface area contributed by atoms with Crippen LogP contribution in [0.5, 0.6) is 23.0 Å². The van der Waals surface area contributed by atoms with Crippen LogP contribution in [0.25, 0.3) is 0 Å². The zero-order valence-corrected chi connectivity index (χ0v) is 16.3. The van der Waals surface area contributed by atoms with Crippen LogP contribution in [0.1, 0.15) is 5.56 Å².